The van der Waals surface area contributed by atoms with Crippen LogP contribution < -0.4 is 0 Å². The molecular formula is C16H19NO. The van der Waals surface area contributed by atoms with E-state index < -0.39 is 0 Å². The van der Waals surface area contributed by atoms with E-state index in [-0.39, 0.29) is 6.61 Å². The molecule has 1 heterocycles. The van der Waals surface area contributed by atoms with Crippen molar-refractivity contribution in [2.45, 2.75) is 13.3 Å². The number of aromatic nitrogens is 1. The first kappa shape index (κ1) is 12.7. The van der Waals surface area contributed by atoms with Crippen molar-refractivity contribution in [2.75, 3.05) is 6.61 Å². The van der Waals surface area contributed by atoms with Crippen molar-refractivity contribution >= 4 is 17.0 Å². The van der Waals surface area contributed by atoms with E-state index in [9.17, 15) is 5.11 Å². The van der Waals surface area contributed by atoms with Crippen molar-refractivity contribution in [3.8, 4) is 0 Å². The van der Waals surface area contributed by atoms with Gasteiger partial charge in [-0.2, -0.15) is 0 Å². The molecule has 0 unspecified atom stereocenters. The quantitative estimate of drug-likeness (QED) is 0.816. The molecule has 0 fully saturated rings. The Balaban J connectivity index is 2.65. The number of hydrogen-bond donors (Lipinski definition) is 1. The number of aliphatic hydroxyl groups excluding tert-OH is 1. The van der Waals surface area contributed by atoms with E-state index in [1.165, 1.54) is 16.5 Å². The molecule has 2 heteroatoms. The molecule has 0 aliphatic rings. The smallest absolute Gasteiger partial charge is 0.0485 e. The maximum atomic E-state index is 9.24. The number of nitrogens with zero attached hydrogens (tertiary/aromatic N) is 1. The van der Waals surface area contributed by atoms with Crippen LogP contribution in [0.3, 0.4) is 0 Å². The topological polar surface area (TPSA) is 25.2 Å². The molecular weight excluding hydrogens is 222 g/mol. The van der Waals surface area contributed by atoms with Gasteiger partial charge in [0.05, 0.1) is 0 Å². The molecule has 18 heavy (non-hydrogen) atoms. The normalized spacial score (nSPS) is 11.5. The highest BCUT2D eigenvalue weighted by molar-refractivity contribution is 5.88. The van der Waals surface area contributed by atoms with Crippen LogP contribution >= 0.6 is 0 Å². The van der Waals surface area contributed by atoms with E-state index in [1.54, 1.807) is 0 Å². The second-order valence-electron chi connectivity index (χ2n) is 4.59. The van der Waals surface area contributed by atoms with Crippen LogP contribution in [0.4, 0.5) is 0 Å². The summed E-state index contributed by atoms with van der Waals surface area (Å²) in [6.07, 6.45) is 4.76. The zero-order valence-electron chi connectivity index (χ0n) is 11.0. The van der Waals surface area contributed by atoms with Crippen molar-refractivity contribution in [2.24, 2.45) is 7.05 Å². The molecule has 0 atom stereocenters. The van der Waals surface area contributed by atoms with E-state index in [0.717, 1.165) is 11.3 Å². The van der Waals surface area contributed by atoms with Crippen molar-refractivity contribution in [3.63, 3.8) is 0 Å². The number of aliphatic hydroxyl groups is 1. The van der Waals surface area contributed by atoms with Crippen molar-refractivity contribution in [1.29, 1.82) is 0 Å². The van der Waals surface area contributed by atoms with Crippen LogP contribution in [0.2, 0.25) is 0 Å². The van der Waals surface area contributed by atoms with Crippen molar-refractivity contribution < 1.29 is 5.11 Å². The monoisotopic (exact) mass is 241 g/mol. The largest absolute Gasteiger partial charge is 0.396 e. The fourth-order valence-electron chi connectivity index (χ4n) is 2.30. The van der Waals surface area contributed by atoms with E-state index in [0.29, 0.717) is 6.42 Å². The summed E-state index contributed by atoms with van der Waals surface area (Å²) in [6, 6.07) is 8.29. The fourth-order valence-corrected chi connectivity index (χ4v) is 2.30. The Morgan fingerprint density at radius 3 is 2.78 bits per heavy atom. The Hall–Kier alpha value is -1.80. The van der Waals surface area contributed by atoms with Crippen LogP contribution in [0.1, 0.15) is 18.2 Å². The lowest BCUT2D eigenvalue weighted by atomic mass is 10.1. The first-order chi connectivity index (χ1) is 8.65. The highest BCUT2D eigenvalue weighted by atomic mass is 16.2. The molecule has 2 aromatic rings. The van der Waals surface area contributed by atoms with Gasteiger partial charge < -0.3 is 9.67 Å². The molecule has 0 aliphatic heterocycles. The molecule has 0 aliphatic carbocycles. The summed E-state index contributed by atoms with van der Waals surface area (Å²) in [4.78, 5) is 0. The van der Waals surface area contributed by atoms with Gasteiger partial charge in [-0.05, 0) is 31.1 Å². The number of fused-ring (bicyclic) bond motifs is 1. The molecule has 1 aromatic heterocycles. The van der Waals surface area contributed by atoms with Crippen LogP contribution in [0.15, 0.2) is 42.5 Å². The van der Waals surface area contributed by atoms with Crippen LogP contribution in [0, 0.1) is 0 Å². The Morgan fingerprint density at radius 1 is 1.39 bits per heavy atom. The van der Waals surface area contributed by atoms with E-state index in [4.69, 9.17) is 0 Å². The third-order valence-electron chi connectivity index (χ3n) is 3.15. The number of allylic oxidation sites excluding steroid dienone is 2. The Morgan fingerprint density at radius 2 is 2.11 bits per heavy atom. The SMILES string of the molecule is C=C(C)/C=C/c1c(CCO)c2ccccc2n1C. The third-order valence-corrected chi connectivity index (χ3v) is 3.15. The maximum absolute atomic E-state index is 9.24. The number of aryl methyl sites for hydroxylation is 1. The van der Waals surface area contributed by atoms with Gasteiger partial charge in [0.2, 0.25) is 0 Å². The van der Waals surface area contributed by atoms with Crippen LogP contribution in [-0.2, 0) is 13.5 Å². The Kier molecular flexibility index (Phi) is 3.68. The number of benzene rings is 1. The van der Waals surface area contributed by atoms with Gasteiger partial charge in [0, 0.05) is 30.3 Å². The summed E-state index contributed by atoms with van der Waals surface area (Å²) >= 11 is 0. The van der Waals surface area contributed by atoms with E-state index in [1.807, 2.05) is 25.1 Å². The predicted octanol–water partition coefficient (Wildman–Crippen LogP) is 3.30. The average molecular weight is 241 g/mol. The summed E-state index contributed by atoms with van der Waals surface area (Å²) in [7, 11) is 2.06. The first-order valence-electron chi connectivity index (χ1n) is 6.16. The predicted molar refractivity (Wildman–Crippen MR) is 77.6 cm³/mol. The van der Waals surface area contributed by atoms with Gasteiger partial charge in [-0.25, -0.2) is 0 Å². The summed E-state index contributed by atoms with van der Waals surface area (Å²) in [5.41, 5.74) is 4.57. The molecule has 0 saturated heterocycles. The lowest BCUT2D eigenvalue weighted by Gasteiger charge is -2.02. The first-order valence-corrected chi connectivity index (χ1v) is 6.16. The second-order valence-corrected chi connectivity index (χ2v) is 4.59. The third kappa shape index (κ3) is 2.24. The minimum atomic E-state index is 0.169. The maximum Gasteiger partial charge on any atom is 0.0485 e. The van der Waals surface area contributed by atoms with Crippen LogP contribution in [0.5, 0.6) is 0 Å². The van der Waals surface area contributed by atoms with Gasteiger partial charge >= 0.3 is 0 Å². The number of rotatable bonds is 4. The molecule has 0 saturated carbocycles. The molecule has 2 nitrogen and oxygen atoms in total. The minimum Gasteiger partial charge on any atom is -0.396 e. The highest BCUT2D eigenvalue weighted by Gasteiger charge is 2.11. The summed E-state index contributed by atoms with van der Waals surface area (Å²) in [6.45, 7) is 6.03. The van der Waals surface area contributed by atoms with Gasteiger partial charge in [-0.3, -0.25) is 0 Å². The van der Waals surface area contributed by atoms with Gasteiger partial charge in [0.1, 0.15) is 0 Å². The summed E-state index contributed by atoms with van der Waals surface area (Å²) in [5.74, 6) is 0. The van der Waals surface area contributed by atoms with Gasteiger partial charge in [-0.15, -0.1) is 0 Å². The Bertz CT molecular complexity index is 605. The fraction of sp³-hybridized carbons (Fsp3) is 0.250. The van der Waals surface area contributed by atoms with E-state index in [2.05, 4.69) is 36.4 Å². The molecule has 94 valence electrons. The second kappa shape index (κ2) is 5.23. The molecule has 0 bridgehead atoms. The van der Waals surface area contributed by atoms with Gasteiger partial charge in [0.15, 0.2) is 0 Å². The average Bonchev–Trinajstić information content (AvgIpc) is 2.62. The summed E-state index contributed by atoms with van der Waals surface area (Å²) < 4.78 is 2.17. The van der Waals surface area contributed by atoms with Gasteiger partial charge in [-0.1, -0.05) is 36.4 Å². The zero-order valence-corrected chi connectivity index (χ0v) is 11.0. The molecule has 0 amide bonds. The van der Waals surface area contributed by atoms with E-state index >= 15 is 0 Å². The zero-order chi connectivity index (χ0) is 13.1. The van der Waals surface area contributed by atoms with Crippen LogP contribution in [-0.4, -0.2) is 16.3 Å². The number of para-hydroxylation sites is 1. The van der Waals surface area contributed by atoms with Crippen molar-refractivity contribution in [3.05, 3.63) is 53.8 Å². The summed E-state index contributed by atoms with van der Waals surface area (Å²) in [5, 5.41) is 10.5. The van der Waals surface area contributed by atoms with Crippen molar-refractivity contribution in [1.82, 2.24) is 4.57 Å². The molecule has 2 rings (SSSR count). The molecule has 1 aromatic carbocycles. The van der Waals surface area contributed by atoms with Gasteiger partial charge in [0.25, 0.3) is 0 Å². The standard InChI is InChI=1S/C16H19NO/c1-12(2)8-9-16-14(10-11-18)13-6-4-5-7-15(13)17(16)3/h4-9,18H,1,10-11H2,2-3H3/b9-8+. The number of hydrogen-bond acceptors (Lipinski definition) is 1. The molecule has 0 radical (unpaired) electrons. The minimum absolute atomic E-state index is 0.169. The Labute approximate surface area is 108 Å². The lowest BCUT2D eigenvalue weighted by molar-refractivity contribution is 0.300. The highest BCUT2D eigenvalue weighted by Crippen LogP contribution is 2.26. The van der Waals surface area contributed by atoms with Crippen LogP contribution in [0.25, 0.3) is 17.0 Å². The molecule has 0 spiro atoms. The lowest BCUT2D eigenvalue weighted by Crippen LogP contribution is -1.96. The molecule has 1 N–H and O–H groups in total.